The molecular formula is C18H14Cl2N2O. The molecule has 0 bridgehead atoms. The number of carbonyl (C=O) groups is 1. The van der Waals surface area contributed by atoms with Crippen LogP contribution in [0.1, 0.15) is 18.1 Å². The summed E-state index contributed by atoms with van der Waals surface area (Å²) in [5, 5.41) is 12.8. The van der Waals surface area contributed by atoms with E-state index in [0.29, 0.717) is 21.3 Å². The maximum atomic E-state index is 12.2. The van der Waals surface area contributed by atoms with Crippen LogP contribution in [-0.2, 0) is 11.2 Å². The SMILES string of the molecule is CCc1ccc(NC(=O)C(C#N)=Cc2ccc(Cl)cc2Cl)cc1. The molecule has 116 valence electrons. The Bertz CT molecular complexity index is 790. The molecule has 0 aromatic heterocycles. The highest BCUT2D eigenvalue weighted by atomic mass is 35.5. The van der Waals surface area contributed by atoms with Crippen molar-refractivity contribution in [3.05, 3.63) is 69.2 Å². The van der Waals surface area contributed by atoms with E-state index in [1.165, 1.54) is 11.6 Å². The molecule has 5 heteroatoms. The van der Waals surface area contributed by atoms with Gasteiger partial charge in [-0.15, -0.1) is 0 Å². The molecule has 0 aliphatic rings. The number of nitrogens with one attached hydrogen (secondary N) is 1. The molecule has 0 spiro atoms. The van der Waals surface area contributed by atoms with Crippen LogP contribution in [0, 0.1) is 11.3 Å². The second-order valence-electron chi connectivity index (χ2n) is 4.84. The molecule has 0 radical (unpaired) electrons. The zero-order chi connectivity index (χ0) is 16.8. The number of rotatable bonds is 4. The first-order valence-corrected chi connectivity index (χ1v) is 7.76. The number of hydrogen-bond acceptors (Lipinski definition) is 2. The largest absolute Gasteiger partial charge is 0.321 e. The third kappa shape index (κ3) is 4.59. The zero-order valence-corrected chi connectivity index (χ0v) is 13.9. The van der Waals surface area contributed by atoms with E-state index < -0.39 is 5.91 Å². The van der Waals surface area contributed by atoms with Crippen molar-refractivity contribution in [3.63, 3.8) is 0 Å². The summed E-state index contributed by atoms with van der Waals surface area (Å²) in [4.78, 5) is 12.2. The Hall–Kier alpha value is -2.28. The van der Waals surface area contributed by atoms with Crippen LogP contribution >= 0.6 is 23.2 Å². The Morgan fingerprint density at radius 1 is 1.22 bits per heavy atom. The third-order valence-corrected chi connectivity index (χ3v) is 3.81. The fourth-order valence-corrected chi connectivity index (χ4v) is 2.41. The fourth-order valence-electron chi connectivity index (χ4n) is 1.94. The van der Waals surface area contributed by atoms with Gasteiger partial charge in [0.1, 0.15) is 11.6 Å². The smallest absolute Gasteiger partial charge is 0.266 e. The van der Waals surface area contributed by atoms with E-state index in [0.717, 1.165) is 6.42 Å². The molecule has 0 heterocycles. The van der Waals surface area contributed by atoms with E-state index in [1.807, 2.05) is 18.2 Å². The highest BCUT2D eigenvalue weighted by molar-refractivity contribution is 6.35. The molecule has 0 fully saturated rings. The summed E-state index contributed by atoms with van der Waals surface area (Å²) >= 11 is 11.9. The Labute approximate surface area is 145 Å². The van der Waals surface area contributed by atoms with Crippen LogP contribution in [0.15, 0.2) is 48.0 Å². The first kappa shape index (κ1) is 17.1. The Morgan fingerprint density at radius 2 is 1.91 bits per heavy atom. The van der Waals surface area contributed by atoms with Crippen molar-refractivity contribution in [1.82, 2.24) is 0 Å². The molecule has 0 aliphatic carbocycles. The molecule has 0 saturated carbocycles. The summed E-state index contributed by atoms with van der Waals surface area (Å²) in [5.41, 5.74) is 2.33. The van der Waals surface area contributed by atoms with Crippen molar-refractivity contribution in [3.8, 4) is 6.07 Å². The highest BCUT2D eigenvalue weighted by Gasteiger charge is 2.10. The maximum absolute atomic E-state index is 12.2. The van der Waals surface area contributed by atoms with Crippen LogP contribution in [-0.4, -0.2) is 5.91 Å². The summed E-state index contributed by atoms with van der Waals surface area (Å²) in [7, 11) is 0. The third-order valence-electron chi connectivity index (χ3n) is 3.25. The molecule has 0 atom stereocenters. The Balaban J connectivity index is 2.20. The summed E-state index contributed by atoms with van der Waals surface area (Å²) in [6, 6.07) is 14.2. The van der Waals surface area contributed by atoms with Gasteiger partial charge >= 0.3 is 0 Å². The van der Waals surface area contributed by atoms with Gasteiger partial charge in [0, 0.05) is 15.7 Å². The lowest BCUT2D eigenvalue weighted by Crippen LogP contribution is -2.13. The van der Waals surface area contributed by atoms with Crippen molar-refractivity contribution in [2.24, 2.45) is 0 Å². The van der Waals surface area contributed by atoms with Gasteiger partial charge in [-0.25, -0.2) is 0 Å². The lowest BCUT2D eigenvalue weighted by molar-refractivity contribution is -0.112. The van der Waals surface area contributed by atoms with Gasteiger partial charge in [-0.3, -0.25) is 4.79 Å². The minimum atomic E-state index is -0.484. The van der Waals surface area contributed by atoms with Crippen LogP contribution in [0.4, 0.5) is 5.69 Å². The van der Waals surface area contributed by atoms with Gasteiger partial charge in [0.25, 0.3) is 5.91 Å². The van der Waals surface area contributed by atoms with E-state index in [4.69, 9.17) is 23.2 Å². The van der Waals surface area contributed by atoms with E-state index in [9.17, 15) is 10.1 Å². The molecule has 3 nitrogen and oxygen atoms in total. The maximum Gasteiger partial charge on any atom is 0.266 e. The van der Waals surface area contributed by atoms with Crippen molar-refractivity contribution in [1.29, 1.82) is 5.26 Å². The summed E-state index contributed by atoms with van der Waals surface area (Å²) in [6.45, 7) is 2.06. The number of benzene rings is 2. The van der Waals surface area contributed by atoms with E-state index in [1.54, 1.807) is 30.3 Å². The standard InChI is InChI=1S/C18H14Cl2N2O/c1-2-12-3-7-16(8-4-12)22-18(23)14(11-21)9-13-5-6-15(19)10-17(13)20/h3-10H,2H2,1H3,(H,22,23). The molecule has 0 unspecified atom stereocenters. The van der Waals surface area contributed by atoms with Gasteiger partial charge < -0.3 is 5.32 Å². The molecule has 2 rings (SSSR count). The second kappa shape index (κ2) is 7.82. The Kier molecular flexibility index (Phi) is 5.81. The number of aryl methyl sites for hydroxylation is 1. The van der Waals surface area contributed by atoms with Gasteiger partial charge in [0.15, 0.2) is 0 Å². The normalized spacial score (nSPS) is 11.0. The van der Waals surface area contributed by atoms with Crippen LogP contribution in [0.5, 0.6) is 0 Å². The topological polar surface area (TPSA) is 52.9 Å². The minimum absolute atomic E-state index is 0.0335. The molecule has 0 aliphatic heterocycles. The molecule has 1 N–H and O–H groups in total. The predicted octanol–water partition coefficient (Wildman–Crippen LogP) is 5.10. The van der Waals surface area contributed by atoms with Crippen LogP contribution in [0.2, 0.25) is 10.0 Å². The first-order valence-electron chi connectivity index (χ1n) is 7.00. The monoisotopic (exact) mass is 344 g/mol. The first-order chi connectivity index (χ1) is 11.0. The number of carbonyl (C=O) groups excluding carboxylic acids is 1. The zero-order valence-electron chi connectivity index (χ0n) is 12.4. The molecule has 1 amide bonds. The number of anilines is 1. The second-order valence-corrected chi connectivity index (χ2v) is 5.68. The van der Waals surface area contributed by atoms with Crippen molar-refractivity contribution >= 4 is 40.9 Å². The predicted molar refractivity (Wildman–Crippen MR) is 94.5 cm³/mol. The molecule has 2 aromatic rings. The van der Waals surface area contributed by atoms with Gasteiger partial charge in [-0.1, -0.05) is 48.3 Å². The van der Waals surface area contributed by atoms with Crippen molar-refractivity contribution in [2.75, 3.05) is 5.32 Å². The molecule has 2 aromatic carbocycles. The van der Waals surface area contributed by atoms with E-state index in [2.05, 4.69) is 12.2 Å². The number of nitrogens with zero attached hydrogens (tertiary/aromatic N) is 1. The molecule has 0 saturated heterocycles. The Morgan fingerprint density at radius 3 is 2.48 bits per heavy atom. The lowest BCUT2D eigenvalue weighted by Gasteiger charge is -2.06. The minimum Gasteiger partial charge on any atom is -0.321 e. The quantitative estimate of drug-likeness (QED) is 0.619. The highest BCUT2D eigenvalue weighted by Crippen LogP contribution is 2.23. The average molecular weight is 345 g/mol. The van der Waals surface area contributed by atoms with Gasteiger partial charge in [0.05, 0.1) is 0 Å². The number of hydrogen-bond donors (Lipinski definition) is 1. The van der Waals surface area contributed by atoms with Crippen LogP contribution in [0.3, 0.4) is 0 Å². The molecular weight excluding hydrogens is 331 g/mol. The number of amides is 1. The fraction of sp³-hybridized carbons (Fsp3) is 0.111. The van der Waals surface area contributed by atoms with Crippen molar-refractivity contribution < 1.29 is 4.79 Å². The average Bonchev–Trinajstić information content (AvgIpc) is 2.54. The van der Waals surface area contributed by atoms with Crippen LogP contribution < -0.4 is 5.32 Å². The summed E-state index contributed by atoms with van der Waals surface area (Å²) < 4.78 is 0. The van der Waals surface area contributed by atoms with E-state index in [-0.39, 0.29) is 5.57 Å². The van der Waals surface area contributed by atoms with Crippen LogP contribution in [0.25, 0.3) is 6.08 Å². The lowest BCUT2D eigenvalue weighted by atomic mass is 10.1. The summed E-state index contributed by atoms with van der Waals surface area (Å²) in [6.07, 6.45) is 2.36. The summed E-state index contributed by atoms with van der Waals surface area (Å²) in [5.74, 6) is -0.484. The van der Waals surface area contributed by atoms with Gasteiger partial charge in [-0.05, 0) is 47.9 Å². The molecule has 23 heavy (non-hydrogen) atoms. The number of halogens is 2. The number of nitriles is 1. The van der Waals surface area contributed by atoms with Gasteiger partial charge in [0.2, 0.25) is 0 Å². The van der Waals surface area contributed by atoms with Gasteiger partial charge in [-0.2, -0.15) is 5.26 Å². The van der Waals surface area contributed by atoms with E-state index >= 15 is 0 Å². The van der Waals surface area contributed by atoms with Crippen molar-refractivity contribution in [2.45, 2.75) is 13.3 Å².